The normalized spacial score (nSPS) is 14.8. The standard InChI is InChI=1S/C20H22N6O2/c1-12(27)23-15(9-10-17(21)28)20-24-19(14-7-8-14)25-26(20)16-6-2-4-13-5-3-11-22-18(13)16/h2-6,11,14-15H,7-10H2,1H3,(H2,21,28)(H,23,27)/t15-/m0/s1. The number of carbonyl (C=O) groups is 2. The summed E-state index contributed by atoms with van der Waals surface area (Å²) in [5, 5.41) is 8.63. The fourth-order valence-corrected chi connectivity index (χ4v) is 3.31. The Morgan fingerprint density at radius 1 is 1.29 bits per heavy atom. The molecule has 2 amide bonds. The highest BCUT2D eigenvalue weighted by Crippen LogP contribution is 2.39. The van der Waals surface area contributed by atoms with E-state index in [-0.39, 0.29) is 12.3 Å². The zero-order chi connectivity index (χ0) is 19.7. The largest absolute Gasteiger partial charge is 0.370 e. The van der Waals surface area contributed by atoms with E-state index < -0.39 is 11.9 Å². The maximum atomic E-state index is 11.8. The molecule has 0 saturated heterocycles. The van der Waals surface area contributed by atoms with E-state index in [0.717, 1.165) is 35.3 Å². The van der Waals surface area contributed by atoms with Gasteiger partial charge in [-0.25, -0.2) is 9.67 Å². The number of nitrogens with one attached hydrogen (secondary N) is 1. The van der Waals surface area contributed by atoms with Crippen molar-refractivity contribution >= 4 is 22.7 Å². The summed E-state index contributed by atoms with van der Waals surface area (Å²) in [5.74, 6) is 1.08. The monoisotopic (exact) mass is 378 g/mol. The number of nitrogens with two attached hydrogens (primary N) is 1. The Balaban J connectivity index is 1.84. The molecule has 3 N–H and O–H groups in total. The second-order valence-electron chi connectivity index (χ2n) is 7.12. The lowest BCUT2D eigenvalue weighted by Crippen LogP contribution is -2.29. The molecule has 144 valence electrons. The zero-order valence-electron chi connectivity index (χ0n) is 15.6. The van der Waals surface area contributed by atoms with E-state index >= 15 is 0 Å². The van der Waals surface area contributed by atoms with Crippen LogP contribution in [0.15, 0.2) is 36.5 Å². The van der Waals surface area contributed by atoms with Crippen LogP contribution >= 0.6 is 0 Å². The van der Waals surface area contributed by atoms with Crippen molar-refractivity contribution in [3.05, 3.63) is 48.2 Å². The van der Waals surface area contributed by atoms with E-state index in [2.05, 4.69) is 10.3 Å². The zero-order valence-corrected chi connectivity index (χ0v) is 15.6. The van der Waals surface area contributed by atoms with Gasteiger partial charge in [-0.05, 0) is 31.4 Å². The second kappa shape index (κ2) is 7.38. The van der Waals surface area contributed by atoms with Crippen LogP contribution < -0.4 is 11.1 Å². The highest BCUT2D eigenvalue weighted by atomic mass is 16.1. The van der Waals surface area contributed by atoms with Crippen LogP contribution in [-0.2, 0) is 9.59 Å². The molecular formula is C20H22N6O2. The first kappa shape index (κ1) is 18.1. The Kier molecular flexibility index (Phi) is 4.77. The summed E-state index contributed by atoms with van der Waals surface area (Å²) in [5.41, 5.74) is 6.93. The lowest BCUT2D eigenvalue weighted by molar-refractivity contribution is -0.121. The van der Waals surface area contributed by atoms with Crippen LogP contribution in [-0.4, -0.2) is 31.6 Å². The summed E-state index contributed by atoms with van der Waals surface area (Å²) in [6.07, 6.45) is 4.36. The topological polar surface area (TPSA) is 116 Å². The third-order valence-electron chi connectivity index (χ3n) is 4.80. The number of primary amides is 1. The number of hydrogen-bond acceptors (Lipinski definition) is 5. The first-order valence-corrected chi connectivity index (χ1v) is 9.39. The molecule has 1 saturated carbocycles. The van der Waals surface area contributed by atoms with Gasteiger partial charge >= 0.3 is 0 Å². The molecule has 8 heteroatoms. The van der Waals surface area contributed by atoms with Crippen LogP contribution in [0.25, 0.3) is 16.6 Å². The predicted octanol–water partition coefficient (Wildman–Crippen LogP) is 2.14. The van der Waals surface area contributed by atoms with E-state index in [0.29, 0.717) is 18.2 Å². The summed E-state index contributed by atoms with van der Waals surface area (Å²) < 4.78 is 1.75. The number of amides is 2. The lowest BCUT2D eigenvalue weighted by atomic mass is 10.1. The first-order valence-electron chi connectivity index (χ1n) is 9.39. The number of carbonyl (C=O) groups excluding carboxylic acids is 2. The quantitative estimate of drug-likeness (QED) is 0.653. The smallest absolute Gasteiger partial charge is 0.217 e. The highest BCUT2D eigenvalue weighted by molar-refractivity contribution is 5.86. The molecule has 28 heavy (non-hydrogen) atoms. The minimum atomic E-state index is -0.469. The second-order valence-corrected chi connectivity index (χ2v) is 7.12. The maximum absolute atomic E-state index is 11.8. The SMILES string of the molecule is CC(=O)N[C@@H](CCC(N)=O)c1nc(C2CC2)nn1-c1cccc2cccnc12. The first-order chi connectivity index (χ1) is 13.5. The minimum Gasteiger partial charge on any atom is -0.370 e. The van der Waals surface area contributed by atoms with Crippen LogP contribution in [0.4, 0.5) is 0 Å². The van der Waals surface area contributed by atoms with Gasteiger partial charge in [-0.2, -0.15) is 5.10 Å². The third kappa shape index (κ3) is 3.71. The average Bonchev–Trinajstić information content (AvgIpc) is 3.43. The summed E-state index contributed by atoms with van der Waals surface area (Å²) in [7, 11) is 0. The van der Waals surface area contributed by atoms with Gasteiger partial charge in [0.15, 0.2) is 11.6 Å². The molecule has 0 aliphatic heterocycles. The van der Waals surface area contributed by atoms with Crippen molar-refractivity contribution in [2.75, 3.05) is 0 Å². The Hall–Kier alpha value is -3.29. The molecule has 3 aromatic rings. The van der Waals surface area contributed by atoms with Gasteiger partial charge in [-0.15, -0.1) is 0 Å². The molecule has 4 rings (SSSR count). The number of hydrogen-bond donors (Lipinski definition) is 2. The van der Waals surface area contributed by atoms with E-state index in [1.54, 1.807) is 10.9 Å². The molecule has 8 nitrogen and oxygen atoms in total. The van der Waals surface area contributed by atoms with Gasteiger partial charge in [-0.1, -0.05) is 18.2 Å². The van der Waals surface area contributed by atoms with E-state index in [1.807, 2.05) is 30.3 Å². The number of pyridine rings is 1. The highest BCUT2D eigenvalue weighted by Gasteiger charge is 2.31. The van der Waals surface area contributed by atoms with Gasteiger partial charge in [-0.3, -0.25) is 14.6 Å². The Morgan fingerprint density at radius 2 is 2.07 bits per heavy atom. The van der Waals surface area contributed by atoms with Crippen LogP contribution in [0, 0.1) is 0 Å². The van der Waals surface area contributed by atoms with E-state index in [1.165, 1.54) is 6.92 Å². The van der Waals surface area contributed by atoms with Crippen LogP contribution in [0.2, 0.25) is 0 Å². The summed E-state index contributed by atoms with van der Waals surface area (Å²) in [4.78, 5) is 32.4. The van der Waals surface area contributed by atoms with Crippen LogP contribution in [0.1, 0.15) is 56.2 Å². The summed E-state index contributed by atoms with van der Waals surface area (Å²) in [6.45, 7) is 1.44. The van der Waals surface area contributed by atoms with Crippen molar-refractivity contribution in [2.24, 2.45) is 5.73 Å². The van der Waals surface area contributed by atoms with Gasteiger partial charge in [0.1, 0.15) is 0 Å². The fourth-order valence-electron chi connectivity index (χ4n) is 3.31. The fraction of sp³-hybridized carbons (Fsp3) is 0.350. The number of aromatic nitrogens is 4. The number of para-hydroxylation sites is 1. The lowest BCUT2D eigenvalue weighted by Gasteiger charge is -2.18. The van der Waals surface area contributed by atoms with E-state index in [9.17, 15) is 9.59 Å². The molecule has 0 radical (unpaired) electrons. The molecule has 2 heterocycles. The van der Waals surface area contributed by atoms with Crippen molar-refractivity contribution in [3.8, 4) is 5.69 Å². The minimum absolute atomic E-state index is 0.143. The van der Waals surface area contributed by atoms with Crippen molar-refractivity contribution in [2.45, 2.75) is 44.6 Å². The Labute approximate surface area is 162 Å². The molecule has 1 fully saturated rings. The van der Waals surface area contributed by atoms with Gasteiger partial charge in [0.05, 0.1) is 17.2 Å². The van der Waals surface area contributed by atoms with Gasteiger partial charge in [0.25, 0.3) is 0 Å². The van der Waals surface area contributed by atoms with Gasteiger partial charge in [0.2, 0.25) is 11.8 Å². The maximum Gasteiger partial charge on any atom is 0.217 e. The van der Waals surface area contributed by atoms with Crippen molar-refractivity contribution in [1.29, 1.82) is 0 Å². The number of rotatable bonds is 7. The molecule has 0 spiro atoms. The third-order valence-corrected chi connectivity index (χ3v) is 4.80. The van der Waals surface area contributed by atoms with Crippen LogP contribution in [0.5, 0.6) is 0 Å². The Bertz CT molecular complexity index is 1030. The van der Waals surface area contributed by atoms with Crippen LogP contribution in [0.3, 0.4) is 0 Å². The molecule has 1 aliphatic carbocycles. The molecule has 0 bridgehead atoms. The molecule has 1 aliphatic rings. The van der Waals surface area contributed by atoms with Gasteiger partial charge in [0, 0.05) is 30.8 Å². The molecular weight excluding hydrogens is 356 g/mol. The van der Waals surface area contributed by atoms with Crippen molar-refractivity contribution in [3.63, 3.8) is 0 Å². The number of nitrogens with zero attached hydrogens (tertiary/aromatic N) is 4. The van der Waals surface area contributed by atoms with Gasteiger partial charge < -0.3 is 11.1 Å². The summed E-state index contributed by atoms with van der Waals surface area (Å²) >= 11 is 0. The predicted molar refractivity (Wildman–Crippen MR) is 104 cm³/mol. The van der Waals surface area contributed by atoms with Crippen molar-refractivity contribution < 1.29 is 9.59 Å². The van der Waals surface area contributed by atoms with Crippen molar-refractivity contribution in [1.82, 2.24) is 25.1 Å². The van der Waals surface area contributed by atoms with E-state index in [4.69, 9.17) is 15.8 Å². The molecule has 1 aromatic carbocycles. The number of benzene rings is 1. The average molecular weight is 378 g/mol. The molecule has 2 aromatic heterocycles. The summed E-state index contributed by atoms with van der Waals surface area (Å²) in [6, 6.07) is 9.27. The Morgan fingerprint density at radius 3 is 2.79 bits per heavy atom. The molecule has 1 atom stereocenters. The molecule has 0 unspecified atom stereocenters. The number of fused-ring (bicyclic) bond motifs is 1.